The van der Waals surface area contributed by atoms with Crippen molar-refractivity contribution in [2.45, 2.75) is 46.4 Å². The van der Waals surface area contributed by atoms with Crippen molar-refractivity contribution < 1.29 is 22.7 Å². The number of carbonyl (C=O) groups excluding carboxylic acids is 2. The van der Waals surface area contributed by atoms with Gasteiger partial charge in [0.15, 0.2) is 12.4 Å². The zero-order chi connectivity index (χ0) is 19.4. The first kappa shape index (κ1) is 21.3. The normalized spacial score (nSPS) is 12.3. The molecule has 0 fully saturated rings. The van der Waals surface area contributed by atoms with E-state index in [1.807, 2.05) is 0 Å². The average molecular weight is 369 g/mol. The van der Waals surface area contributed by atoms with Gasteiger partial charge in [-0.05, 0) is 24.6 Å². The van der Waals surface area contributed by atoms with Gasteiger partial charge in [-0.25, -0.2) is 13.2 Å². The molecule has 0 bridgehead atoms. The number of aryl methyl sites for hydroxylation is 1. The van der Waals surface area contributed by atoms with Gasteiger partial charge in [-0.1, -0.05) is 40.7 Å². The van der Waals surface area contributed by atoms with E-state index in [4.69, 9.17) is 4.74 Å². The maximum atomic E-state index is 12.7. The summed E-state index contributed by atoms with van der Waals surface area (Å²) in [5.41, 5.74) is 0.0532. The van der Waals surface area contributed by atoms with Crippen LogP contribution in [0.2, 0.25) is 0 Å². The fourth-order valence-corrected chi connectivity index (χ4v) is 3.85. The van der Waals surface area contributed by atoms with E-state index in [9.17, 15) is 18.0 Å². The van der Waals surface area contributed by atoms with Crippen LogP contribution in [0.25, 0.3) is 0 Å². The lowest BCUT2D eigenvalue weighted by atomic mass is 9.91. The van der Waals surface area contributed by atoms with E-state index >= 15 is 0 Å². The second kappa shape index (κ2) is 8.10. The molecule has 0 aromatic heterocycles. The van der Waals surface area contributed by atoms with Crippen LogP contribution in [0.4, 0.5) is 0 Å². The van der Waals surface area contributed by atoms with Crippen molar-refractivity contribution in [3.05, 3.63) is 29.3 Å². The maximum absolute atomic E-state index is 12.7. The summed E-state index contributed by atoms with van der Waals surface area (Å²) < 4.78 is 31.8. The number of sulfonamides is 1. The minimum atomic E-state index is -3.68. The van der Waals surface area contributed by atoms with Crippen molar-refractivity contribution in [2.75, 3.05) is 19.7 Å². The quantitative estimate of drug-likeness (QED) is 0.690. The highest BCUT2D eigenvalue weighted by atomic mass is 32.2. The number of ether oxygens (including phenoxy) is 1. The van der Waals surface area contributed by atoms with Crippen LogP contribution in [0.1, 0.15) is 50.5 Å². The molecule has 0 aliphatic heterocycles. The third-order valence-electron chi connectivity index (χ3n) is 3.92. The highest BCUT2D eigenvalue weighted by Crippen LogP contribution is 2.22. The highest BCUT2D eigenvalue weighted by molar-refractivity contribution is 7.89. The van der Waals surface area contributed by atoms with Crippen LogP contribution in [0.3, 0.4) is 0 Å². The molecule has 0 radical (unpaired) electrons. The lowest BCUT2D eigenvalue weighted by Gasteiger charge is -2.20. The smallest absolute Gasteiger partial charge is 0.338 e. The molecule has 0 saturated carbocycles. The first-order chi connectivity index (χ1) is 11.4. The van der Waals surface area contributed by atoms with Gasteiger partial charge in [0.2, 0.25) is 10.0 Å². The predicted molar refractivity (Wildman–Crippen MR) is 96.0 cm³/mol. The molecule has 0 N–H and O–H groups in total. The lowest BCUT2D eigenvalue weighted by molar-refractivity contribution is -0.129. The number of nitrogens with zero attached hydrogens (tertiary/aromatic N) is 1. The van der Waals surface area contributed by atoms with Crippen LogP contribution in [0.5, 0.6) is 0 Å². The van der Waals surface area contributed by atoms with E-state index in [0.29, 0.717) is 18.7 Å². The van der Waals surface area contributed by atoms with Gasteiger partial charge in [-0.15, -0.1) is 0 Å². The van der Waals surface area contributed by atoms with Crippen molar-refractivity contribution in [1.29, 1.82) is 0 Å². The molecule has 0 aliphatic rings. The molecule has 1 aromatic carbocycles. The molecule has 0 atom stereocenters. The standard InChI is InChI=1S/C18H27NO5S/c1-7-19(8-2)25(22,23)15-11-14(10-9-13(15)3)17(21)24-12-16(20)18(4,5)6/h9-11H,7-8,12H2,1-6H3. The number of carbonyl (C=O) groups is 2. The van der Waals surface area contributed by atoms with Crippen molar-refractivity contribution in [2.24, 2.45) is 5.41 Å². The van der Waals surface area contributed by atoms with Crippen molar-refractivity contribution >= 4 is 21.8 Å². The largest absolute Gasteiger partial charge is 0.454 e. The number of hydrogen-bond donors (Lipinski definition) is 0. The lowest BCUT2D eigenvalue weighted by Crippen LogP contribution is -2.31. The number of Topliss-reactive ketones (excluding diaryl/α,β-unsaturated/α-hetero) is 1. The number of benzene rings is 1. The second-order valence-electron chi connectivity index (χ2n) is 6.82. The molecule has 0 spiro atoms. The number of hydrogen-bond acceptors (Lipinski definition) is 5. The summed E-state index contributed by atoms with van der Waals surface area (Å²) in [6.07, 6.45) is 0. The van der Waals surface area contributed by atoms with Gasteiger partial charge >= 0.3 is 5.97 Å². The van der Waals surface area contributed by atoms with E-state index in [0.717, 1.165) is 0 Å². The Hall–Kier alpha value is -1.73. The molecule has 0 aliphatic carbocycles. The predicted octanol–water partition coefficient (Wildman–Crippen LogP) is 2.80. The zero-order valence-corrected chi connectivity index (χ0v) is 16.6. The van der Waals surface area contributed by atoms with Gasteiger partial charge in [0.05, 0.1) is 10.5 Å². The van der Waals surface area contributed by atoms with Gasteiger partial charge in [0.1, 0.15) is 0 Å². The fourth-order valence-electron chi connectivity index (χ4n) is 2.14. The Morgan fingerprint density at radius 2 is 1.68 bits per heavy atom. The Balaban J connectivity index is 3.09. The van der Waals surface area contributed by atoms with Gasteiger partial charge in [0.25, 0.3) is 0 Å². The Kier molecular flexibility index (Phi) is 6.90. The van der Waals surface area contributed by atoms with E-state index in [2.05, 4.69) is 0 Å². The molecule has 140 valence electrons. The maximum Gasteiger partial charge on any atom is 0.338 e. The van der Waals surface area contributed by atoms with Crippen molar-refractivity contribution in [3.63, 3.8) is 0 Å². The van der Waals surface area contributed by atoms with Gasteiger partial charge < -0.3 is 4.74 Å². The molecule has 1 rings (SSSR count). The first-order valence-corrected chi connectivity index (χ1v) is 9.70. The third-order valence-corrected chi connectivity index (χ3v) is 6.11. The number of ketones is 1. The van der Waals surface area contributed by atoms with Gasteiger partial charge in [0, 0.05) is 18.5 Å². The molecule has 0 amide bonds. The third kappa shape index (κ3) is 5.12. The van der Waals surface area contributed by atoms with Crippen LogP contribution in [-0.4, -0.2) is 44.2 Å². The van der Waals surface area contributed by atoms with Crippen LogP contribution >= 0.6 is 0 Å². The van der Waals surface area contributed by atoms with Crippen LogP contribution < -0.4 is 0 Å². The summed E-state index contributed by atoms with van der Waals surface area (Å²) in [5.74, 6) is -0.919. The fraction of sp³-hybridized carbons (Fsp3) is 0.556. The number of esters is 1. The monoisotopic (exact) mass is 369 g/mol. The zero-order valence-electron chi connectivity index (χ0n) is 15.8. The molecule has 25 heavy (non-hydrogen) atoms. The summed E-state index contributed by atoms with van der Waals surface area (Å²) in [6, 6.07) is 4.38. The summed E-state index contributed by atoms with van der Waals surface area (Å²) in [4.78, 5) is 24.1. The average Bonchev–Trinajstić information content (AvgIpc) is 2.52. The summed E-state index contributed by atoms with van der Waals surface area (Å²) in [5, 5.41) is 0. The van der Waals surface area contributed by atoms with Crippen LogP contribution in [0.15, 0.2) is 23.1 Å². The molecule has 6 nitrogen and oxygen atoms in total. The summed E-state index contributed by atoms with van der Waals surface area (Å²) in [7, 11) is -3.68. The van der Waals surface area contributed by atoms with Crippen LogP contribution in [0, 0.1) is 12.3 Å². The Morgan fingerprint density at radius 1 is 1.12 bits per heavy atom. The van der Waals surface area contributed by atoms with E-state index in [-0.39, 0.29) is 22.8 Å². The SMILES string of the molecule is CCN(CC)S(=O)(=O)c1cc(C(=O)OCC(=O)C(C)(C)C)ccc1C. The van der Waals surface area contributed by atoms with Crippen LogP contribution in [-0.2, 0) is 19.6 Å². The molecular weight excluding hydrogens is 342 g/mol. The Bertz CT molecular complexity index is 743. The summed E-state index contributed by atoms with van der Waals surface area (Å²) >= 11 is 0. The molecule has 0 unspecified atom stereocenters. The van der Waals surface area contributed by atoms with E-state index in [1.54, 1.807) is 47.6 Å². The minimum absolute atomic E-state index is 0.0767. The molecule has 0 heterocycles. The summed E-state index contributed by atoms with van der Waals surface area (Å²) in [6.45, 7) is 10.7. The molecular formula is C18H27NO5S. The molecule has 7 heteroatoms. The molecule has 1 aromatic rings. The first-order valence-electron chi connectivity index (χ1n) is 8.26. The highest BCUT2D eigenvalue weighted by Gasteiger charge is 2.26. The van der Waals surface area contributed by atoms with Gasteiger partial charge in [-0.3, -0.25) is 4.79 Å². The van der Waals surface area contributed by atoms with Gasteiger partial charge in [-0.2, -0.15) is 4.31 Å². The topological polar surface area (TPSA) is 80.8 Å². The molecule has 0 saturated heterocycles. The second-order valence-corrected chi connectivity index (χ2v) is 8.73. The Labute approximate surface area is 150 Å². The van der Waals surface area contributed by atoms with Crippen molar-refractivity contribution in [3.8, 4) is 0 Å². The van der Waals surface area contributed by atoms with E-state index < -0.39 is 21.4 Å². The Morgan fingerprint density at radius 3 is 2.16 bits per heavy atom. The van der Waals surface area contributed by atoms with E-state index in [1.165, 1.54) is 16.4 Å². The van der Waals surface area contributed by atoms with Crippen molar-refractivity contribution in [1.82, 2.24) is 4.31 Å². The minimum Gasteiger partial charge on any atom is -0.454 e. The number of rotatable bonds is 7.